The van der Waals surface area contributed by atoms with E-state index in [9.17, 15) is 0 Å². The Labute approximate surface area is 749 Å². The van der Waals surface area contributed by atoms with E-state index in [0.29, 0.717) is 34.9 Å². The lowest BCUT2D eigenvalue weighted by atomic mass is 9.54. The highest BCUT2D eigenvalue weighted by molar-refractivity contribution is 6.09. The second kappa shape index (κ2) is 29.5. The van der Waals surface area contributed by atoms with Crippen LogP contribution >= 0.6 is 0 Å². The molecule has 0 bridgehead atoms. The van der Waals surface area contributed by atoms with Crippen molar-refractivity contribution in [2.45, 2.75) is 48.9 Å². The van der Waals surface area contributed by atoms with Crippen molar-refractivity contribution in [1.82, 2.24) is 34.5 Å². The predicted molar refractivity (Wildman–Crippen MR) is 525 cm³/mol. The van der Waals surface area contributed by atoms with Crippen molar-refractivity contribution in [2.75, 3.05) is 0 Å². The normalized spacial score (nSPS) is 14.7. The fourth-order valence-electron chi connectivity index (χ4n) is 22.6. The molecule has 0 N–H and O–H groups in total. The fraction of sp³-hybridized carbons (Fsp3) is 0.0656. The van der Waals surface area contributed by atoms with Crippen LogP contribution in [-0.2, 0) is 28.1 Å². The summed E-state index contributed by atoms with van der Waals surface area (Å²) in [6.45, 7) is 7.24. The second-order valence-corrected chi connectivity index (χ2v) is 35.6. The molecule has 3 heterocycles. The average molecular weight is 1650 g/mol. The molecule has 0 radical (unpaired) electrons. The van der Waals surface area contributed by atoms with Crippen molar-refractivity contribution in [3.8, 4) is 141 Å². The van der Waals surface area contributed by atoms with Crippen LogP contribution in [0.15, 0.2) is 437 Å². The van der Waals surface area contributed by atoms with E-state index in [2.05, 4.69) is 462 Å². The third-order valence-corrected chi connectivity index (χ3v) is 28.3. The molecule has 18 aromatic carbocycles. The topological polar surface area (TPSA) is 82.3 Å². The Morgan fingerprint density at radius 1 is 0.202 bits per heavy atom. The van der Waals surface area contributed by atoms with Gasteiger partial charge in [-0.2, -0.15) is 0 Å². The highest BCUT2D eigenvalue weighted by Gasteiger charge is 2.56. The SMILES string of the molecule is CC1(C)c2ccccc2C2(c3ccccc3-c3c(-c4cccc(-c5nc(-c6ccc(CC7(C)c8ccccc8C8(c9ccccc9-c9c(-c%10cccc(-c%11nc(-c%12cccc(-c%13ccccc%13)c%12)nc(-c%12cccc(-c%13ccccc%13)c%12)n%11)c%10)cccc98)c8ccccc87)cc6)nc(-c6ccc(-n7c8ccccc8c8ccccc87)cc6)n5)c4)cccc32)c2ccccc21. The van der Waals surface area contributed by atoms with Gasteiger partial charge in [0.15, 0.2) is 34.9 Å². The number of hydrogen-bond donors (Lipinski definition) is 0. The molecule has 0 unspecified atom stereocenters. The van der Waals surface area contributed by atoms with E-state index in [1.807, 2.05) is 0 Å². The van der Waals surface area contributed by atoms with Crippen LogP contribution in [0, 0.1) is 0 Å². The van der Waals surface area contributed by atoms with Gasteiger partial charge >= 0.3 is 0 Å². The van der Waals surface area contributed by atoms with E-state index in [0.717, 1.165) is 101 Å². The van der Waals surface area contributed by atoms with Crippen LogP contribution < -0.4 is 0 Å². The number of hydrogen-bond acceptors (Lipinski definition) is 6. The number of rotatable bonds is 13. The Hall–Kier alpha value is -16.2. The standard InChI is InChI=1S/C122H83N7/c1-119(2)99-52-16-20-56-103(99)121(104-57-21-17-53-100(104)119)97-50-14-10-46-95(97)111-91(48-30-60-107(111)121)84-38-28-42-88(74-84)117-124-113(123-114(125-117)81-68-70-90(71-69-81)129-109-62-24-12-44-93(109)94-45-13-25-63-110(94)129)80-66-64-77(65-67-80)76-120(3)101-54-18-22-58-105(101)122(106-59-23-19-55-102(106)120)98-51-15-11-47-96(98)112-92(49-31-61-108(112)122)85-39-29-43-89(75-85)118-127-115(86-40-26-36-82(72-86)78-32-6-4-7-33-78)126-116(128-118)87-41-27-37-83(73-87)79-34-8-5-9-35-79/h4-75H,76H2,1-3H3. The Kier molecular flexibility index (Phi) is 17.2. The number of nitrogens with zero attached hydrogens (tertiary/aromatic N) is 7. The first kappa shape index (κ1) is 75.3. The zero-order chi connectivity index (χ0) is 85.7. The molecule has 3 aromatic heterocycles. The first-order valence-electron chi connectivity index (χ1n) is 44.7. The maximum absolute atomic E-state index is 5.55. The molecule has 21 aromatic rings. The molecule has 7 heteroatoms. The summed E-state index contributed by atoms with van der Waals surface area (Å²) >= 11 is 0. The van der Waals surface area contributed by atoms with Gasteiger partial charge in [0.25, 0.3) is 0 Å². The Morgan fingerprint density at radius 2 is 0.481 bits per heavy atom. The van der Waals surface area contributed by atoms with Crippen LogP contribution in [0.2, 0.25) is 0 Å². The summed E-state index contributed by atoms with van der Waals surface area (Å²) in [7, 11) is 0. The number of benzene rings is 18. The molecular weight excluding hydrogens is 1560 g/mol. The van der Waals surface area contributed by atoms with Crippen molar-refractivity contribution in [1.29, 1.82) is 0 Å². The zero-order valence-corrected chi connectivity index (χ0v) is 71.4. The monoisotopic (exact) mass is 1650 g/mol. The minimum Gasteiger partial charge on any atom is -0.309 e. The van der Waals surface area contributed by atoms with Gasteiger partial charge in [-0.15, -0.1) is 0 Å². The zero-order valence-electron chi connectivity index (χ0n) is 71.4. The van der Waals surface area contributed by atoms with E-state index in [1.54, 1.807) is 0 Å². The lowest BCUT2D eigenvalue weighted by molar-refractivity contribution is 0.514. The summed E-state index contributed by atoms with van der Waals surface area (Å²) in [5.41, 5.74) is 37.5. The van der Waals surface area contributed by atoms with E-state index in [-0.39, 0.29) is 5.41 Å². The van der Waals surface area contributed by atoms with Gasteiger partial charge in [-0.3, -0.25) is 0 Å². The molecule has 25 rings (SSSR count). The van der Waals surface area contributed by atoms with E-state index >= 15 is 0 Å². The molecule has 4 aliphatic rings. The summed E-state index contributed by atoms with van der Waals surface area (Å²) in [6.07, 6.45) is 0.723. The molecule has 7 nitrogen and oxygen atoms in total. The summed E-state index contributed by atoms with van der Waals surface area (Å²) < 4.78 is 2.36. The molecule has 129 heavy (non-hydrogen) atoms. The van der Waals surface area contributed by atoms with Gasteiger partial charge in [0, 0.05) is 60.7 Å². The second-order valence-electron chi connectivity index (χ2n) is 35.6. The van der Waals surface area contributed by atoms with Crippen molar-refractivity contribution >= 4 is 21.8 Å². The van der Waals surface area contributed by atoms with Gasteiger partial charge in [-0.25, -0.2) is 29.9 Å². The van der Waals surface area contributed by atoms with Crippen LogP contribution in [0.25, 0.3) is 163 Å². The fourth-order valence-corrected chi connectivity index (χ4v) is 22.6. The molecule has 2 spiro atoms. The van der Waals surface area contributed by atoms with Gasteiger partial charge in [-0.05, 0) is 206 Å². The third-order valence-electron chi connectivity index (χ3n) is 28.3. The third kappa shape index (κ3) is 11.6. The van der Waals surface area contributed by atoms with Crippen molar-refractivity contribution < 1.29 is 0 Å². The molecule has 0 amide bonds. The lowest BCUT2D eigenvalue weighted by Gasteiger charge is -2.48. The highest BCUT2D eigenvalue weighted by atomic mass is 15.0. The molecular formula is C122H83N7. The molecule has 0 saturated heterocycles. The Morgan fingerprint density at radius 3 is 0.891 bits per heavy atom. The predicted octanol–water partition coefficient (Wildman–Crippen LogP) is 29.1. The van der Waals surface area contributed by atoms with Gasteiger partial charge in [0.2, 0.25) is 0 Å². The maximum Gasteiger partial charge on any atom is 0.164 e. The molecule has 606 valence electrons. The minimum absolute atomic E-state index is 0.209. The molecule has 4 aliphatic carbocycles. The first-order chi connectivity index (χ1) is 63.6. The molecule has 0 atom stereocenters. The molecule has 0 fully saturated rings. The van der Waals surface area contributed by atoms with Crippen molar-refractivity contribution in [3.63, 3.8) is 0 Å². The summed E-state index contributed by atoms with van der Waals surface area (Å²) in [4.78, 5) is 32.7. The maximum atomic E-state index is 5.55. The van der Waals surface area contributed by atoms with Crippen LogP contribution in [0.5, 0.6) is 0 Å². The lowest BCUT2D eigenvalue weighted by Crippen LogP contribution is -2.43. The van der Waals surface area contributed by atoms with Gasteiger partial charge in [0.05, 0.1) is 21.9 Å². The van der Waals surface area contributed by atoms with E-state index in [1.165, 1.54) is 105 Å². The van der Waals surface area contributed by atoms with Gasteiger partial charge < -0.3 is 4.57 Å². The van der Waals surface area contributed by atoms with Crippen LogP contribution in [0.3, 0.4) is 0 Å². The van der Waals surface area contributed by atoms with Crippen LogP contribution in [0.4, 0.5) is 0 Å². The Bertz CT molecular complexity index is 7890. The highest BCUT2D eigenvalue weighted by Crippen LogP contribution is 2.66. The smallest absolute Gasteiger partial charge is 0.164 e. The van der Waals surface area contributed by atoms with E-state index < -0.39 is 16.2 Å². The molecule has 0 saturated carbocycles. The molecule has 0 aliphatic heterocycles. The minimum atomic E-state index is -0.669. The average Bonchev–Trinajstić information content (AvgIpc) is 1.54. The summed E-state index contributed by atoms with van der Waals surface area (Å²) in [5, 5.41) is 2.43. The van der Waals surface area contributed by atoms with Gasteiger partial charge in [0.1, 0.15) is 0 Å². The van der Waals surface area contributed by atoms with Crippen molar-refractivity contribution in [2.24, 2.45) is 0 Å². The number of fused-ring (bicyclic) bond motifs is 21. The number of aromatic nitrogens is 7. The van der Waals surface area contributed by atoms with Gasteiger partial charge in [-0.1, -0.05) is 397 Å². The Balaban J connectivity index is 0.586. The largest absolute Gasteiger partial charge is 0.309 e. The summed E-state index contributed by atoms with van der Waals surface area (Å²) in [5.74, 6) is 3.57. The van der Waals surface area contributed by atoms with E-state index in [4.69, 9.17) is 29.9 Å². The number of para-hydroxylation sites is 2. The first-order valence-corrected chi connectivity index (χ1v) is 44.7. The quantitative estimate of drug-likeness (QED) is 0.114. The summed E-state index contributed by atoms with van der Waals surface area (Å²) in [6, 6.07) is 160. The van der Waals surface area contributed by atoms with Crippen molar-refractivity contribution in [3.05, 3.63) is 509 Å². The van der Waals surface area contributed by atoms with Crippen LogP contribution in [0.1, 0.15) is 93.1 Å². The van der Waals surface area contributed by atoms with Crippen LogP contribution in [-0.4, -0.2) is 34.5 Å².